The first-order valence-corrected chi connectivity index (χ1v) is 41.5. The van der Waals surface area contributed by atoms with E-state index in [2.05, 4.69) is 79.7 Å². The van der Waals surface area contributed by atoms with E-state index in [1.807, 2.05) is 86.6 Å². The molecule has 0 bridgehead atoms. The molecule has 0 amide bonds. The van der Waals surface area contributed by atoms with Crippen LogP contribution >= 0.6 is 11.6 Å². The highest BCUT2D eigenvalue weighted by molar-refractivity contribution is 6.31. The van der Waals surface area contributed by atoms with Gasteiger partial charge in [-0.15, -0.1) is 0 Å². The van der Waals surface area contributed by atoms with Crippen LogP contribution in [0, 0.1) is 120 Å². The summed E-state index contributed by atoms with van der Waals surface area (Å²) in [5.41, 5.74) is 13.3. The molecule has 0 aliphatic carbocycles. The van der Waals surface area contributed by atoms with E-state index in [0.717, 1.165) is 74.2 Å². The Morgan fingerprint density at radius 2 is 0.515 bits per heavy atom. The molecule has 0 aliphatic rings. The van der Waals surface area contributed by atoms with Gasteiger partial charge in [-0.1, -0.05) is 78.3 Å². The first kappa shape index (κ1) is 104. The van der Waals surface area contributed by atoms with E-state index in [9.17, 15) is 43.9 Å². The van der Waals surface area contributed by atoms with Crippen molar-refractivity contribution in [3.63, 3.8) is 0 Å². The molecule has 8 aromatic heterocycles. The molecule has 0 aliphatic heterocycles. The molecule has 0 saturated heterocycles. The molecule has 0 saturated carbocycles. The maximum absolute atomic E-state index is 13.3. The van der Waals surface area contributed by atoms with E-state index in [1.165, 1.54) is 140 Å². The number of rotatable bonds is 19. The minimum Gasteiger partial charge on any atom is -0.490 e. The second-order valence-corrected chi connectivity index (χ2v) is 29.1. The average Bonchev–Trinajstić information content (AvgIpc) is 0.828. The Bertz CT molecular complexity index is 6530. The highest BCUT2D eigenvalue weighted by Gasteiger charge is 2.20. The first-order valence-electron chi connectivity index (χ1n) is 41.2. The van der Waals surface area contributed by atoms with E-state index < -0.39 is 23.3 Å². The summed E-state index contributed by atoms with van der Waals surface area (Å²) < 4.78 is 177. The molecule has 25 nitrogen and oxygen atoms in total. The van der Waals surface area contributed by atoms with Gasteiger partial charge in [-0.05, 0) is 206 Å². The van der Waals surface area contributed by atoms with E-state index in [1.54, 1.807) is 94.1 Å². The standard InChI is InChI=1S/C13H12F2N2O.C13H13FN2O2.2C13H13FN2O.C12H10ClFN2O.C12H10F2N2O.2C12H11FN2O/c1-3-18-13-11(15)7-16-12(17-13)10-6-9(14)5-4-8(10)2;1-8-4-5-9(14)6-10(8)12-15-7-11(17-2)13(16-12)18-3;1-8-4-5-10(14)6-11(8)12-15-7-9(2)13(16-12)17-3;1-3-17-12-6-7-15-13(16-12)11-8-10(14)5-4-9(11)2;1-7-3-4-8(14)5-9(7)11-15-6-10(13)12(16-11)17-2;1-7-3-4-8(13)5-9(7)11-15-6-10(14)12(16-11)17-2;1-8-3-4-9(13)7-10(8)12-14-6-5-11(15-12)16-2;1-8-5-3-4-6-9(8)11-14-7-10(13)12(15-11)16-2/h4-7H,3H2,1-2H3;4-7H,1-3H3;4-7H,1-3H3;4-8H,3H2,1-2H3;2*3-6H,1-2H3;2*3-7H,1-2H3. The Kier molecular flexibility index (Phi) is 38.7. The zero-order valence-electron chi connectivity index (χ0n) is 77.1. The van der Waals surface area contributed by atoms with E-state index >= 15 is 0 Å². The molecule has 36 heteroatoms. The molecule has 8 aromatic carbocycles. The number of hydrogen-bond donors (Lipinski definition) is 0. The third kappa shape index (κ3) is 29.1. The van der Waals surface area contributed by atoms with E-state index in [0.29, 0.717) is 121 Å². The van der Waals surface area contributed by atoms with Crippen LogP contribution in [0.3, 0.4) is 0 Å². The molecule has 8 heterocycles. The zero-order chi connectivity index (χ0) is 98.8. The molecular weight excluding hydrogens is 1790 g/mol. The number of halogens is 11. The smallest absolute Gasteiger partial charge is 0.260 e. The summed E-state index contributed by atoms with van der Waals surface area (Å²) in [4.78, 5) is 65.2. The fraction of sp³-hybridized carbons (Fsp3) is 0.200. The Balaban J connectivity index is 0.000000174. The van der Waals surface area contributed by atoms with Gasteiger partial charge in [0.05, 0.1) is 94.0 Å². The van der Waals surface area contributed by atoms with Gasteiger partial charge in [-0.2, -0.15) is 53.0 Å². The molecule has 16 rings (SSSR count). The Labute approximate surface area is 783 Å². The SMILES string of the molecule is CCOc1ccnc(-c2cc(F)ccc2C)n1.CCOc1nc(-c2cc(F)ccc2C)ncc1F.COc1ccnc(-c2cc(F)ccc2C)n1.COc1cnc(-c2cc(F)ccc2C)nc1OC.COc1nc(-c2cc(F)ccc2C)ncc1C.COc1nc(-c2cc(F)ccc2C)ncc1Cl.COc1nc(-c2cc(F)ccc2C)ncc1F.COc1nc(-c2ccccc2C)ncc1F. The van der Waals surface area contributed by atoms with Crippen LogP contribution in [0.15, 0.2) is 213 Å². The van der Waals surface area contributed by atoms with Crippen molar-refractivity contribution >= 4 is 11.6 Å². The summed E-state index contributed by atoms with van der Waals surface area (Å²) in [7, 11) is 10.3. The lowest BCUT2D eigenvalue weighted by atomic mass is 10.1. The van der Waals surface area contributed by atoms with Crippen LogP contribution in [0.25, 0.3) is 91.1 Å². The van der Waals surface area contributed by atoms with Crippen molar-refractivity contribution in [2.75, 3.05) is 63.0 Å². The second-order valence-electron chi connectivity index (χ2n) is 28.7. The Hall–Kier alpha value is -15.8. The summed E-state index contributed by atoms with van der Waals surface area (Å²) in [5.74, 6) is 1.23. The maximum Gasteiger partial charge on any atom is 0.260 e. The minimum absolute atomic E-state index is 0.0340. The van der Waals surface area contributed by atoms with Gasteiger partial charge in [0, 0.05) is 80.8 Å². The van der Waals surface area contributed by atoms with Gasteiger partial charge in [-0.3, -0.25) is 0 Å². The lowest BCUT2D eigenvalue weighted by Crippen LogP contribution is -2.01. The van der Waals surface area contributed by atoms with Crippen LogP contribution in [-0.4, -0.2) is 143 Å². The van der Waals surface area contributed by atoms with Gasteiger partial charge in [0.25, 0.3) is 23.5 Å². The fourth-order valence-corrected chi connectivity index (χ4v) is 12.3. The van der Waals surface area contributed by atoms with Gasteiger partial charge in [0.15, 0.2) is 52.3 Å². The average molecular weight is 1890 g/mol. The summed E-state index contributed by atoms with van der Waals surface area (Å²) in [5, 5.41) is 0.324. The number of aryl methyl sites for hydroxylation is 9. The largest absolute Gasteiger partial charge is 0.490 e. The van der Waals surface area contributed by atoms with Gasteiger partial charge >= 0.3 is 0 Å². The van der Waals surface area contributed by atoms with E-state index in [-0.39, 0.29) is 70.1 Å². The highest BCUT2D eigenvalue weighted by atomic mass is 35.5. The molecule has 0 N–H and O–H groups in total. The van der Waals surface area contributed by atoms with Crippen LogP contribution in [0.1, 0.15) is 63.9 Å². The van der Waals surface area contributed by atoms with Gasteiger partial charge < -0.3 is 42.6 Å². The molecule has 0 fully saturated rings. The lowest BCUT2D eigenvalue weighted by Gasteiger charge is -2.09. The van der Waals surface area contributed by atoms with Gasteiger partial charge in [0.2, 0.25) is 41.0 Å². The van der Waals surface area contributed by atoms with Crippen molar-refractivity contribution in [1.82, 2.24) is 79.7 Å². The van der Waals surface area contributed by atoms with Crippen molar-refractivity contribution in [2.45, 2.75) is 76.2 Å². The third-order valence-electron chi connectivity index (χ3n) is 19.2. The maximum atomic E-state index is 13.3. The van der Waals surface area contributed by atoms with Crippen LogP contribution in [-0.2, 0) is 0 Å². The predicted molar refractivity (Wildman–Crippen MR) is 495 cm³/mol. The van der Waals surface area contributed by atoms with Crippen LogP contribution in [0.5, 0.6) is 52.8 Å². The number of benzene rings is 8. The third-order valence-corrected chi connectivity index (χ3v) is 19.5. The zero-order valence-corrected chi connectivity index (χ0v) is 77.9. The first-order chi connectivity index (χ1) is 65.2. The predicted octanol–water partition coefficient (Wildman–Crippen LogP) is 22.8. The molecule has 0 unspecified atom stereocenters. The quantitative estimate of drug-likeness (QED) is 0.0680. The minimum atomic E-state index is -0.648. The number of nitrogens with zero attached hydrogens (tertiary/aromatic N) is 16. The summed E-state index contributed by atoms with van der Waals surface area (Å²) in [6.07, 6.45) is 11.0. The molecule has 0 spiro atoms. The van der Waals surface area contributed by atoms with Gasteiger partial charge in [0.1, 0.15) is 45.7 Å². The summed E-state index contributed by atoms with van der Waals surface area (Å²) in [6, 6.07) is 42.2. The van der Waals surface area contributed by atoms with Crippen molar-refractivity contribution in [3.05, 3.63) is 327 Å². The summed E-state index contributed by atoms with van der Waals surface area (Å²) in [6.45, 7) is 21.3. The summed E-state index contributed by atoms with van der Waals surface area (Å²) >= 11 is 5.83. The molecule has 136 heavy (non-hydrogen) atoms. The Morgan fingerprint density at radius 1 is 0.235 bits per heavy atom. The second kappa shape index (κ2) is 50.7. The van der Waals surface area contributed by atoms with Gasteiger partial charge in [-0.25, -0.2) is 70.6 Å². The van der Waals surface area contributed by atoms with Crippen molar-refractivity contribution < 1.29 is 86.5 Å². The highest BCUT2D eigenvalue weighted by Crippen LogP contribution is 2.34. The number of ether oxygens (including phenoxy) is 9. The van der Waals surface area contributed by atoms with Crippen LogP contribution in [0.4, 0.5) is 43.9 Å². The fourth-order valence-electron chi connectivity index (χ4n) is 12.1. The molecule has 0 atom stereocenters. The van der Waals surface area contributed by atoms with Crippen molar-refractivity contribution in [1.29, 1.82) is 0 Å². The van der Waals surface area contributed by atoms with Crippen molar-refractivity contribution in [2.24, 2.45) is 0 Å². The van der Waals surface area contributed by atoms with Crippen LogP contribution < -0.4 is 42.6 Å². The molecule has 704 valence electrons. The molecule has 16 aromatic rings. The van der Waals surface area contributed by atoms with Crippen molar-refractivity contribution in [3.8, 4) is 144 Å². The Morgan fingerprint density at radius 3 is 0.860 bits per heavy atom. The van der Waals surface area contributed by atoms with Crippen LogP contribution in [0.2, 0.25) is 5.02 Å². The number of methoxy groups -OCH3 is 7. The topological polar surface area (TPSA) is 289 Å². The normalized spacial score (nSPS) is 10.3. The number of hydrogen-bond acceptors (Lipinski definition) is 25. The van der Waals surface area contributed by atoms with E-state index in [4.69, 9.17) is 54.2 Å². The molecular formula is C100H93ClF10N16O9. The monoisotopic (exact) mass is 1890 g/mol. The molecule has 0 radical (unpaired) electrons. The number of aromatic nitrogens is 16. The lowest BCUT2D eigenvalue weighted by molar-refractivity contribution is 0.306.